The highest BCUT2D eigenvalue weighted by Crippen LogP contribution is 2.29. The van der Waals surface area contributed by atoms with Gasteiger partial charge in [0.1, 0.15) is 0 Å². The fraction of sp³-hybridized carbons (Fsp3) is 0.143. The van der Waals surface area contributed by atoms with Crippen LogP contribution < -0.4 is 5.32 Å². The van der Waals surface area contributed by atoms with Gasteiger partial charge in [0.15, 0.2) is 0 Å². The van der Waals surface area contributed by atoms with Crippen molar-refractivity contribution in [3.63, 3.8) is 0 Å². The second-order valence-electron chi connectivity index (χ2n) is 4.22. The lowest BCUT2D eigenvalue weighted by Crippen LogP contribution is -2.13. The minimum atomic E-state index is -4.38. The van der Waals surface area contributed by atoms with E-state index in [2.05, 4.69) is 10.3 Å². The maximum absolute atomic E-state index is 12.4. The minimum absolute atomic E-state index is 0.305. The monoisotopic (exact) mass is 280 g/mol. The Bertz CT molecular complexity index is 621. The van der Waals surface area contributed by atoms with Crippen LogP contribution in [-0.2, 0) is 6.18 Å². The van der Waals surface area contributed by atoms with Gasteiger partial charge in [0.05, 0.1) is 5.56 Å². The van der Waals surface area contributed by atoms with Crippen molar-refractivity contribution in [2.45, 2.75) is 13.1 Å². The van der Waals surface area contributed by atoms with Gasteiger partial charge in [-0.2, -0.15) is 13.2 Å². The van der Waals surface area contributed by atoms with E-state index in [1.165, 1.54) is 18.3 Å². The molecule has 1 aromatic carbocycles. The third-order valence-electron chi connectivity index (χ3n) is 2.74. The highest BCUT2D eigenvalue weighted by molar-refractivity contribution is 6.05. The van der Waals surface area contributed by atoms with Crippen LogP contribution in [-0.4, -0.2) is 10.9 Å². The topological polar surface area (TPSA) is 42.0 Å². The molecule has 0 aliphatic heterocycles. The molecule has 0 saturated heterocycles. The average molecular weight is 280 g/mol. The van der Waals surface area contributed by atoms with Gasteiger partial charge < -0.3 is 5.32 Å². The van der Waals surface area contributed by atoms with Crippen LogP contribution in [0.15, 0.2) is 42.7 Å². The Kier molecular flexibility index (Phi) is 3.74. The number of carbonyl (C=O) groups is 1. The Hall–Kier alpha value is -2.37. The first kappa shape index (κ1) is 14.0. The third kappa shape index (κ3) is 3.14. The quantitative estimate of drug-likeness (QED) is 0.912. The van der Waals surface area contributed by atoms with Crippen LogP contribution in [0.1, 0.15) is 21.5 Å². The van der Waals surface area contributed by atoms with Crippen LogP contribution in [0.4, 0.5) is 18.9 Å². The van der Waals surface area contributed by atoms with Gasteiger partial charge in [-0.15, -0.1) is 0 Å². The zero-order valence-electron chi connectivity index (χ0n) is 10.5. The number of anilines is 1. The molecule has 0 radical (unpaired) electrons. The molecule has 3 nitrogen and oxygen atoms in total. The van der Waals surface area contributed by atoms with Crippen molar-refractivity contribution in [3.8, 4) is 0 Å². The van der Waals surface area contributed by atoms with Gasteiger partial charge in [0, 0.05) is 23.6 Å². The second kappa shape index (κ2) is 5.32. The normalized spacial score (nSPS) is 11.2. The van der Waals surface area contributed by atoms with Gasteiger partial charge in [-0.05, 0) is 42.8 Å². The molecular weight excluding hydrogens is 269 g/mol. The van der Waals surface area contributed by atoms with E-state index in [1.54, 1.807) is 19.2 Å². The molecule has 2 rings (SSSR count). The van der Waals surface area contributed by atoms with Gasteiger partial charge >= 0.3 is 6.18 Å². The standard InChI is InChI=1S/C14H11F3N2O/c1-9-8-18-7-6-12(9)13(20)19-11-4-2-10(3-5-11)14(15,16)17/h2-8H,1H3,(H,19,20). The number of rotatable bonds is 2. The maximum Gasteiger partial charge on any atom is 0.416 e. The van der Waals surface area contributed by atoms with Crippen molar-refractivity contribution in [2.24, 2.45) is 0 Å². The van der Waals surface area contributed by atoms with Gasteiger partial charge in [0.25, 0.3) is 5.91 Å². The van der Waals surface area contributed by atoms with E-state index < -0.39 is 11.7 Å². The van der Waals surface area contributed by atoms with Crippen LogP contribution in [0.3, 0.4) is 0 Å². The molecule has 0 unspecified atom stereocenters. The van der Waals surface area contributed by atoms with E-state index in [9.17, 15) is 18.0 Å². The molecule has 0 aliphatic rings. The lowest BCUT2D eigenvalue weighted by molar-refractivity contribution is -0.137. The molecule has 6 heteroatoms. The molecule has 104 valence electrons. The molecule has 1 heterocycles. The number of aromatic nitrogens is 1. The minimum Gasteiger partial charge on any atom is -0.322 e. The molecule has 1 N–H and O–H groups in total. The Morgan fingerprint density at radius 2 is 1.80 bits per heavy atom. The molecule has 0 spiro atoms. The number of nitrogens with zero attached hydrogens (tertiary/aromatic N) is 1. The number of nitrogens with one attached hydrogen (secondary N) is 1. The number of hydrogen-bond donors (Lipinski definition) is 1. The Balaban J connectivity index is 2.15. The van der Waals surface area contributed by atoms with Crippen molar-refractivity contribution < 1.29 is 18.0 Å². The largest absolute Gasteiger partial charge is 0.416 e. The zero-order valence-corrected chi connectivity index (χ0v) is 10.5. The Morgan fingerprint density at radius 3 is 2.35 bits per heavy atom. The SMILES string of the molecule is Cc1cnccc1C(=O)Nc1ccc(C(F)(F)F)cc1. The van der Waals surface area contributed by atoms with Gasteiger partial charge in [-0.1, -0.05) is 0 Å². The summed E-state index contributed by atoms with van der Waals surface area (Å²) < 4.78 is 37.2. The highest BCUT2D eigenvalue weighted by atomic mass is 19.4. The van der Waals surface area contributed by atoms with Crippen LogP contribution in [0.5, 0.6) is 0 Å². The van der Waals surface area contributed by atoms with Crippen LogP contribution in [0, 0.1) is 6.92 Å². The highest BCUT2D eigenvalue weighted by Gasteiger charge is 2.29. The molecule has 1 amide bonds. The van der Waals surface area contributed by atoms with Crippen molar-refractivity contribution >= 4 is 11.6 Å². The zero-order chi connectivity index (χ0) is 14.8. The van der Waals surface area contributed by atoms with Crippen molar-refractivity contribution in [2.75, 3.05) is 5.32 Å². The van der Waals surface area contributed by atoms with Crippen LogP contribution in [0.2, 0.25) is 0 Å². The Labute approximate surface area is 113 Å². The predicted octanol–water partition coefficient (Wildman–Crippen LogP) is 3.66. The summed E-state index contributed by atoms with van der Waals surface area (Å²) in [6, 6.07) is 5.84. The number of pyridine rings is 1. The second-order valence-corrected chi connectivity index (χ2v) is 4.22. The molecule has 1 aromatic heterocycles. The lowest BCUT2D eigenvalue weighted by atomic mass is 10.1. The van der Waals surface area contributed by atoms with Crippen LogP contribution >= 0.6 is 0 Å². The molecule has 0 saturated carbocycles. The van der Waals surface area contributed by atoms with Crippen molar-refractivity contribution in [1.82, 2.24) is 4.98 Å². The summed E-state index contributed by atoms with van der Waals surface area (Å²) in [5, 5.41) is 2.54. The number of hydrogen-bond acceptors (Lipinski definition) is 2. The predicted molar refractivity (Wildman–Crippen MR) is 68.4 cm³/mol. The third-order valence-corrected chi connectivity index (χ3v) is 2.74. The van der Waals surface area contributed by atoms with E-state index in [-0.39, 0.29) is 5.91 Å². The van der Waals surface area contributed by atoms with E-state index in [4.69, 9.17) is 0 Å². The number of amides is 1. The molecule has 2 aromatic rings. The molecular formula is C14H11F3N2O. The summed E-state index contributed by atoms with van der Waals surface area (Å²) >= 11 is 0. The summed E-state index contributed by atoms with van der Waals surface area (Å²) in [6.07, 6.45) is -1.36. The van der Waals surface area contributed by atoms with Gasteiger partial charge in [0.2, 0.25) is 0 Å². The summed E-state index contributed by atoms with van der Waals surface area (Å²) in [5.74, 6) is -0.385. The summed E-state index contributed by atoms with van der Waals surface area (Å²) in [7, 11) is 0. The van der Waals surface area contributed by atoms with Crippen molar-refractivity contribution in [3.05, 3.63) is 59.4 Å². The van der Waals surface area contributed by atoms with Crippen molar-refractivity contribution in [1.29, 1.82) is 0 Å². The van der Waals surface area contributed by atoms with E-state index in [0.717, 1.165) is 12.1 Å². The number of carbonyl (C=O) groups excluding carboxylic acids is 1. The molecule has 20 heavy (non-hydrogen) atoms. The number of aryl methyl sites for hydroxylation is 1. The molecule has 0 bridgehead atoms. The van der Waals surface area contributed by atoms with Gasteiger partial charge in [-0.3, -0.25) is 9.78 Å². The fourth-order valence-electron chi connectivity index (χ4n) is 1.67. The van der Waals surface area contributed by atoms with E-state index >= 15 is 0 Å². The maximum atomic E-state index is 12.4. The number of alkyl halides is 3. The van der Waals surface area contributed by atoms with E-state index in [0.29, 0.717) is 16.8 Å². The molecule has 0 fully saturated rings. The first-order valence-electron chi connectivity index (χ1n) is 5.77. The smallest absolute Gasteiger partial charge is 0.322 e. The number of benzene rings is 1. The Morgan fingerprint density at radius 1 is 1.15 bits per heavy atom. The summed E-state index contributed by atoms with van der Waals surface area (Å²) in [6.45, 7) is 1.73. The molecule has 0 aliphatic carbocycles. The first-order valence-corrected chi connectivity index (χ1v) is 5.77. The average Bonchev–Trinajstić information content (AvgIpc) is 2.38. The fourth-order valence-corrected chi connectivity index (χ4v) is 1.67. The number of halogens is 3. The first-order chi connectivity index (χ1) is 9.38. The summed E-state index contributed by atoms with van der Waals surface area (Å²) in [4.78, 5) is 15.8. The molecule has 0 atom stereocenters. The van der Waals surface area contributed by atoms with E-state index in [1.807, 2.05) is 0 Å². The summed E-state index contributed by atoms with van der Waals surface area (Å²) in [5.41, 5.74) is 0.673. The van der Waals surface area contributed by atoms with Gasteiger partial charge in [-0.25, -0.2) is 0 Å². The van der Waals surface area contributed by atoms with Crippen LogP contribution in [0.25, 0.3) is 0 Å². The lowest BCUT2D eigenvalue weighted by Gasteiger charge is -2.09.